The number of carbonyl (C=O) groups is 1. The molecule has 1 fully saturated rings. The van der Waals surface area contributed by atoms with Crippen LogP contribution in [0.4, 0.5) is 14.5 Å². The second-order valence-electron chi connectivity index (χ2n) is 8.85. The monoisotopic (exact) mass is 479 g/mol. The van der Waals surface area contributed by atoms with Gasteiger partial charge in [0.15, 0.2) is 0 Å². The van der Waals surface area contributed by atoms with Gasteiger partial charge in [0.1, 0.15) is 11.6 Å². The highest BCUT2D eigenvalue weighted by Crippen LogP contribution is 2.34. The van der Waals surface area contributed by atoms with E-state index in [2.05, 4.69) is 15.0 Å². The van der Waals surface area contributed by atoms with E-state index in [0.29, 0.717) is 42.8 Å². The van der Waals surface area contributed by atoms with Gasteiger partial charge in [-0.1, -0.05) is 23.4 Å². The van der Waals surface area contributed by atoms with E-state index in [9.17, 15) is 23.9 Å². The van der Waals surface area contributed by atoms with Gasteiger partial charge in [-0.05, 0) is 61.2 Å². The molecule has 8 heteroatoms. The molecule has 0 amide bonds. The fourth-order valence-electron chi connectivity index (χ4n) is 4.63. The zero-order valence-electron chi connectivity index (χ0n) is 19.4. The van der Waals surface area contributed by atoms with Crippen molar-refractivity contribution in [3.05, 3.63) is 94.8 Å². The number of pyridine rings is 1. The molecule has 0 spiro atoms. The molecule has 2 heterocycles. The van der Waals surface area contributed by atoms with E-state index in [1.165, 1.54) is 12.1 Å². The van der Waals surface area contributed by atoms with Crippen molar-refractivity contribution in [1.29, 1.82) is 0 Å². The third-order valence-electron chi connectivity index (χ3n) is 6.59. The number of oxime groups is 1. The molecule has 182 valence electrons. The standard InChI is InChI=1S/C27H27F2N3O3/c1-17-14-20(8-11-30-17)26(31-35)16-24(23-7-4-21(28)15-25(23)29)18-2-5-22(6-3-18)32-12-9-19(10-13-32)27(33)34/h2-8,11,14-15,19,24,35H,9-10,12-13,16H2,1H3,(H,33,34)/t24-/m1/s1. The minimum absolute atomic E-state index is 0.186. The number of aliphatic carboxylic acids is 1. The molecular formula is C27H27F2N3O3. The number of carboxylic acids is 1. The number of aromatic nitrogens is 1. The highest BCUT2D eigenvalue weighted by atomic mass is 19.1. The first-order valence-corrected chi connectivity index (χ1v) is 11.5. The summed E-state index contributed by atoms with van der Waals surface area (Å²) in [5, 5.41) is 22.5. The van der Waals surface area contributed by atoms with Gasteiger partial charge in [-0.25, -0.2) is 8.78 Å². The van der Waals surface area contributed by atoms with E-state index in [-0.39, 0.29) is 12.3 Å². The molecular weight excluding hydrogens is 452 g/mol. The van der Waals surface area contributed by atoms with Gasteiger partial charge in [0.05, 0.1) is 11.6 Å². The first-order valence-electron chi connectivity index (χ1n) is 11.5. The quantitative estimate of drug-likeness (QED) is 0.270. The Kier molecular flexibility index (Phi) is 7.39. The highest BCUT2D eigenvalue weighted by Gasteiger charge is 2.26. The minimum Gasteiger partial charge on any atom is -0.481 e. The molecule has 1 aliphatic heterocycles. The topological polar surface area (TPSA) is 86.0 Å². The van der Waals surface area contributed by atoms with E-state index in [1.54, 1.807) is 18.3 Å². The number of hydrogen-bond acceptors (Lipinski definition) is 5. The Balaban J connectivity index is 1.63. The van der Waals surface area contributed by atoms with Crippen LogP contribution in [0.5, 0.6) is 0 Å². The van der Waals surface area contributed by atoms with Gasteiger partial charge in [0.2, 0.25) is 0 Å². The van der Waals surface area contributed by atoms with Crippen LogP contribution in [-0.4, -0.2) is 40.1 Å². The first kappa shape index (κ1) is 24.3. The van der Waals surface area contributed by atoms with Gasteiger partial charge in [-0.2, -0.15) is 0 Å². The van der Waals surface area contributed by atoms with Gasteiger partial charge in [-0.15, -0.1) is 0 Å². The normalized spacial score (nSPS) is 15.7. The van der Waals surface area contributed by atoms with Gasteiger partial charge in [0, 0.05) is 54.6 Å². The summed E-state index contributed by atoms with van der Waals surface area (Å²) in [6.07, 6.45) is 2.97. The Labute approximate surface area is 202 Å². The van der Waals surface area contributed by atoms with Crippen LogP contribution in [0.1, 0.15) is 47.6 Å². The minimum atomic E-state index is -0.755. The van der Waals surface area contributed by atoms with E-state index in [1.807, 2.05) is 31.2 Å². The molecule has 35 heavy (non-hydrogen) atoms. The number of hydrogen-bond donors (Lipinski definition) is 2. The van der Waals surface area contributed by atoms with Crippen LogP contribution in [-0.2, 0) is 4.79 Å². The molecule has 0 saturated carbocycles. The molecule has 0 radical (unpaired) electrons. The molecule has 0 bridgehead atoms. The molecule has 6 nitrogen and oxygen atoms in total. The number of benzene rings is 2. The molecule has 1 aliphatic rings. The van der Waals surface area contributed by atoms with Crippen LogP contribution in [0.3, 0.4) is 0 Å². The van der Waals surface area contributed by atoms with Crippen molar-refractivity contribution in [1.82, 2.24) is 4.98 Å². The van der Waals surface area contributed by atoms with Crippen LogP contribution < -0.4 is 4.90 Å². The third-order valence-corrected chi connectivity index (χ3v) is 6.59. The zero-order chi connectivity index (χ0) is 24.9. The largest absolute Gasteiger partial charge is 0.481 e. The van der Waals surface area contributed by atoms with Crippen LogP contribution in [0, 0.1) is 24.5 Å². The summed E-state index contributed by atoms with van der Waals surface area (Å²) in [6, 6.07) is 14.6. The molecule has 0 unspecified atom stereocenters. The summed E-state index contributed by atoms with van der Waals surface area (Å²) in [4.78, 5) is 17.5. The number of nitrogens with zero attached hydrogens (tertiary/aromatic N) is 3. The predicted molar refractivity (Wildman–Crippen MR) is 129 cm³/mol. The lowest BCUT2D eigenvalue weighted by molar-refractivity contribution is -0.142. The Morgan fingerprint density at radius 2 is 1.83 bits per heavy atom. The van der Waals surface area contributed by atoms with E-state index in [4.69, 9.17) is 0 Å². The van der Waals surface area contributed by atoms with Gasteiger partial charge in [-0.3, -0.25) is 9.78 Å². The SMILES string of the molecule is Cc1cc(C(C[C@H](c2ccc(N3CCC(C(=O)O)CC3)cc2)c2ccc(F)cc2F)=NO)ccn1. The molecule has 1 aromatic heterocycles. The molecule has 2 N–H and O–H groups in total. The molecule has 0 aliphatic carbocycles. The number of carboxylic acid groups (broad SMARTS) is 1. The van der Waals surface area contributed by atoms with Crippen molar-refractivity contribution in [3.63, 3.8) is 0 Å². The molecule has 1 saturated heterocycles. The van der Waals surface area contributed by atoms with Crippen molar-refractivity contribution in [3.8, 4) is 0 Å². The third kappa shape index (κ3) is 5.65. The second kappa shape index (κ2) is 10.6. The summed E-state index contributed by atoms with van der Waals surface area (Å²) in [7, 11) is 0. The number of piperidine rings is 1. The zero-order valence-corrected chi connectivity index (χ0v) is 19.4. The van der Waals surface area contributed by atoms with Gasteiger partial charge < -0.3 is 15.2 Å². The van der Waals surface area contributed by atoms with Crippen molar-refractivity contribution in [2.75, 3.05) is 18.0 Å². The van der Waals surface area contributed by atoms with E-state index < -0.39 is 23.5 Å². The van der Waals surface area contributed by atoms with Crippen LogP contribution in [0.25, 0.3) is 0 Å². The summed E-state index contributed by atoms with van der Waals surface area (Å²) in [5.41, 5.74) is 3.83. The van der Waals surface area contributed by atoms with Crippen LogP contribution >= 0.6 is 0 Å². The lowest BCUT2D eigenvalue weighted by Crippen LogP contribution is -2.36. The molecule has 1 atom stereocenters. The second-order valence-corrected chi connectivity index (χ2v) is 8.85. The number of anilines is 1. The van der Waals surface area contributed by atoms with Gasteiger partial charge >= 0.3 is 5.97 Å². The van der Waals surface area contributed by atoms with E-state index >= 15 is 0 Å². The Morgan fingerprint density at radius 3 is 2.43 bits per heavy atom. The molecule has 2 aromatic carbocycles. The van der Waals surface area contributed by atoms with Crippen molar-refractivity contribution in [2.24, 2.45) is 11.1 Å². The maximum absolute atomic E-state index is 14.9. The van der Waals surface area contributed by atoms with Crippen molar-refractivity contribution < 1.29 is 23.9 Å². The van der Waals surface area contributed by atoms with Crippen molar-refractivity contribution in [2.45, 2.75) is 32.1 Å². The maximum atomic E-state index is 14.9. The highest BCUT2D eigenvalue weighted by molar-refractivity contribution is 6.00. The van der Waals surface area contributed by atoms with Crippen LogP contribution in [0.15, 0.2) is 65.9 Å². The summed E-state index contributed by atoms with van der Waals surface area (Å²) in [6.45, 7) is 3.12. The molecule has 4 rings (SSSR count). The van der Waals surface area contributed by atoms with Gasteiger partial charge in [0.25, 0.3) is 0 Å². The fourth-order valence-corrected chi connectivity index (χ4v) is 4.63. The van der Waals surface area contributed by atoms with E-state index in [0.717, 1.165) is 23.0 Å². The Hall–Kier alpha value is -3.81. The summed E-state index contributed by atoms with van der Waals surface area (Å²) in [5.74, 6) is -2.93. The van der Waals surface area contributed by atoms with Crippen molar-refractivity contribution >= 4 is 17.4 Å². The Bertz CT molecular complexity index is 1220. The van der Waals surface area contributed by atoms with Crippen LogP contribution in [0.2, 0.25) is 0 Å². The lowest BCUT2D eigenvalue weighted by atomic mass is 9.85. The maximum Gasteiger partial charge on any atom is 0.306 e. The number of aryl methyl sites for hydroxylation is 1. The molecule has 3 aromatic rings. The average molecular weight is 480 g/mol. The smallest absolute Gasteiger partial charge is 0.306 e. The number of rotatable bonds is 7. The lowest BCUT2D eigenvalue weighted by Gasteiger charge is -2.32. The summed E-state index contributed by atoms with van der Waals surface area (Å²) < 4.78 is 28.5. The summed E-state index contributed by atoms with van der Waals surface area (Å²) >= 11 is 0. The average Bonchev–Trinajstić information content (AvgIpc) is 2.86. The Morgan fingerprint density at radius 1 is 1.11 bits per heavy atom. The first-order chi connectivity index (χ1) is 16.9. The predicted octanol–water partition coefficient (Wildman–Crippen LogP) is 5.37. The number of halogens is 2. The fraction of sp³-hybridized carbons (Fsp3) is 0.296.